The van der Waals surface area contributed by atoms with Crippen molar-refractivity contribution in [2.45, 2.75) is 17.7 Å². The average molecular weight is 318 g/mol. The lowest BCUT2D eigenvalue weighted by Crippen LogP contribution is -2.38. The third-order valence-corrected chi connectivity index (χ3v) is 3.96. The van der Waals surface area contributed by atoms with Gasteiger partial charge in [0.25, 0.3) is 5.91 Å². The van der Waals surface area contributed by atoms with Gasteiger partial charge in [0.05, 0.1) is 5.56 Å². The fraction of sp³-hybridized carbons (Fsp3) is 0.462. The molecule has 1 aromatic carbocycles. The van der Waals surface area contributed by atoms with Gasteiger partial charge in [-0.05, 0) is 37.0 Å². The molecule has 1 fully saturated rings. The van der Waals surface area contributed by atoms with Crippen LogP contribution in [0.4, 0.5) is 8.78 Å². The summed E-state index contributed by atoms with van der Waals surface area (Å²) < 4.78 is 26.5. The minimum Gasteiger partial charge on any atom is -0.341 e. The van der Waals surface area contributed by atoms with Crippen molar-refractivity contribution in [3.8, 4) is 0 Å². The van der Waals surface area contributed by atoms with E-state index in [-0.39, 0.29) is 5.56 Å². The zero-order chi connectivity index (χ0) is 13.3. The molecule has 5 heteroatoms. The van der Waals surface area contributed by atoms with E-state index in [1.54, 1.807) is 7.05 Å². The Bertz CT molecular complexity index is 460. The van der Waals surface area contributed by atoms with Gasteiger partial charge in [-0.2, -0.15) is 0 Å². The summed E-state index contributed by atoms with van der Waals surface area (Å²) in [5.41, 5.74) is -0.202. The summed E-state index contributed by atoms with van der Waals surface area (Å²) in [5.74, 6) is -1.30. The molecule has 2 rings (SSSR count). The lowest BCUT2D eigenvalue weighted by Gasteiger charge is -2.34. The molecule has 0 heterocycles. The van der Waals surface area contributed by atoms with E-state index in [0.29, 0.717) is 17.3 Å². The Balaban J connectivity index is 2.03. The van der Waals surface area contributed by atoms with Gasteiger partial charge in [-0.1, -0.05) is 15.9 Å². The van der Waals surface area contributed by atoms with Crippen LogP contribution < -0.4 is 0 Å². The lowest BCUT2D eigenvalue weighted by atomic mass is 9.85. The maximum absolute atomic E-state index is 13.5. The third kappa shape index (κ3) is 2.88. The van der Waals surface area contributed by atoms with Crippen molar-refractivity contribution in [3.05, 3.63) is 35.4 Å². The number of amides is 1. The summed E-state index contributed by atoms with van der Waals surface area (Å²) in [7, 11) is 1.62. The number of rotatable bonds is 3. The molecule has 0 spiro atoms. The van der Waals surface area contributed by atoms with Gasteiger partial charge in [-0.3, -0.25) is 4.79 Å². The van der Waals surface area contributed by atoms with Crippen molar-refractivity contribution in [2.24, 2.45) is 5.92 Å². The molecule has 0 bridgehead atoms. The Hall–Kier alpha value is -0.970. The van der Waals surface area contributed by atoms with Gasteiger partial charge in [-0.25, -0.2) is 8.78 Å². The van der Waals surface area contributed by atoms with Crippen LogP contribution in [-0.2, 0) is 0 Å². The normalized spacial score (nSPS) is 22.4. The number of carbonyl (C=O) groups excluding carboxylic acids is 1. The summed E-state index contributed by atoms with van der Waals surface area (Å²) in [6.07, 6.45) is 2.03. The minimum absolute atomic E-state index is 0.202. The van der Waals surface area contributed by atoms with E-state index in [1.165, 1.54) is 4.90 Å². The quantitative estimate of drug-likeness (QED) is 0.784. The first-order chi connectivity index (χ1) is 8.47. The van der Waals surface area contributed by atoms with Crippen LogP contribution in [0.3, 0.4) is 0 Å². The topological polar surface area (TPSA) is 20.3 Å². The summed E-state index contributed by atoms with van der Waals surface area (Å²) >= 11 is 3.48. The molecule has 1 saturated carbocycles. The summed E-state index contributed by atoms with van der Waals surface area (Å²) in [4.78, 5) is 14.0. The van der Waals surface area contributed by atoms with Crippen LogP contribution in [0, 0.1) is 17.6 Å². The Labute approximate surface area is 113 Å². The van der Waals surface area contributed by atoms with E-state index in [0.717, 1.165) is 31.0 Å². The van der Waals surface area contributed by atoms with Gasteiger partial charge < -0.3 is 4.90 Å². The van der Waals surface area contributed by atoms with Crippen LogP contribution in [-0.4, -0.2) is 29.2 Å². The molecule has 0 saturated heterocycles. The molecular weight excluding hydrogens is 304 g/mol. The standard InChI is InChI=1S/C13H14BrF2NO/c1-17(7-8-4-9(14)5-8)13(18)11-6-10(15)2-3-12(11)16/h2-3,6,8-9H,4-5,7H2,1H3. The Morgan fingerprint density at radius 1 is 1.44 bits per heavy atom. The molecule has 98 valence electrons. The van der Waals surface area contributed by atoms with Crippen molar-refractivity contribution >= 4 is 21.8 Å². The van der Waals surface area contributed by atoms with Crippen molar-refractivity contribution in [1.82, 2.24) is 4.90 Å². The molecule has 0 radical (unpaired) electrons. The fourth-order valence-corrected chi connectivity index (χ4v) is 3.20. The SMILES string of the molecule is CN(CC1CC(Br)C1)C(=O)c1cc(F)ccc1F. The van der Waals surface area contributed by atoms with Gasteiger partial charge in [0.2, 0.25) is 0 Å². The van der Waals surface area contributed by atoms with Crippen LogP contribution >= 0.6 is 15.9 Å². The number of halogens is 3. The highest BCUT2D eigenvalue weighted by Crippen LogP contribution is 2.33. The second-order valence-corrected chi connectivity index (χ2v) is 6.04. The number of nitrogens with zero attached hydrogens (tertiary/aromatic N) is 1. The molecule has 1 aliphatic rings. The summed E-state index contributed by atoms with van der Waals surface area (Å²) in [6, 6.07) is 2.93. The molecule has 1 aliphatic carbocycles. The number of hydrogen-bond donors (Lipinski definition) is 0. The number of alkyl halides is 1. The predicted octanol–water partition coefficient (Wildman–Crippen LogP) is 3.21. The Morgan fingerprint density at radius 3 is 2.72 bits per heavy atom. The molecule has 0 aliphatic heterocycles. The van der Waals surface area contributed by atoms with Crippen molar-refractivity contribution in [2.75, 3.05) is 13.6 Å². The van der Waals surface area contributed by atoms with E-state index >= 15 is 0 Å². The van der Waals surface area contributed by atoms with Crippen LogP contribution in [0.5, 0.6) is 0 Å². The summed E-state index contributed by atoms with van der Waals surface area (Å²) in [6.45, 7) is 0.580. The molecule has 2 nitrogen and oxygen atoms in total. The highest BCUT2D eigenvalue weighted by Gasteiger charge is 2.29. The highest BCUT2D eigenvalue weighted by molar-refractivity contribution is 9.09. The molecule has 0 N–H and O–H groups in total. The molecular formula is C13H14BrF2NO. The largest absolute Gasteiger partial charge is 0.341 e. The monoisotopic (exact) mass is 317 g/mol. The number of benzene rings is 1. The Kier molecular flexibility index (Phi) is 4.00. The smallest absolute Gasteiger partial charge is 0.256 e. The highest BCUT2D eigenvalue weighted by atomic mass is 79.9. The summed E-state index contributed by atoms with van der Waals surface area (Å²) in [5, 5.41) is 0. The number of hydrogen-bond acceptors (Lipinski definition) is 1. The average Bonchev–Trinajstić information content (AvgIpc) is 2.29. The van der Waals surface area contributed by atoms with Crippen LogP contribution in [0.15, 0.2) is 18.2 Å². The minimum atomic E-state index is -0.680. The van der Waals surface area contributed by atoms with Gasteiger partial charge in [-0.15, -0.1) is 0 Å². The van der Waals surface area contributed by atoms with E-state index in [2.05, 4.69) is 15.9 Å². The van der Waals surface area contributed by atoms with E-state index in [1.807, 2.05) is 0 Å². The van der Waals surface area contributed by atoms with Gasteiger partial charge in [0, 0.05) is 18.4 Å². The molecule has 1 aromatic rings. The zero-order valence-corrected chi connectivity index (χ0v) is 11.6. The first-order valence-corrected chi connectivity index (χ1v) is 6.73. The van der Waals surface area contributed by atoms with Gasteiger partial charge in [0.15, 0.2) is 0 Å². The second-order valence-electron chi connectivity index (χ2n) is 4.74. The van der Waals surface area contributed by atoms with E-state index in [9.17, 15) is 13.6 Å². The van der Waals surface area contributed by atoms with Crippen molar-refractivity contribution in [3.63, 3.8) is 0 Å². The first-order valence-electron chi connectivity index (χ1n) is 5.82. The maximum Gasteiger partial charge on any atom is 0.256 e. The van der Waals surface area contributed by atoms with Crippen molar-refractivity contribution in [1.29, 1.82) is 0 Å². The fourth-order valence-electron chi connectivity index (χ4n) is 2.14. The van der Waals surface area contributed by atoms with Crippen molar-refractivity contribution < 1.29 is 13.6 Å². The van der Waals surface area contributed by atoms with Crippen LogP contribution in [0.2, 0.25) is 0 Å². The predicted molar refractivity (Wildman–Crippen MR) is 68.8 cm³/mol. The third-order valence-electron chi connectivity index (χ3n) is 3.22. The second kappa shape index (κ2) is 5.34. The Morgan fingerprint density at radius 2 is 2.11 bits per heavy atom. The molecule has 18 heavy (non-hydrogen) atoms. The zero-order valence-electron chi connectivity index (χ0n) is 10.00. The van der Waals surface area contributed by atoms with E-state index < -0.39 is 17.5 Å². The molecule has 1 amide bonds. The molecule has 0 atom stereocenters. The molecule has 0 unspecified atom stereocenters. The van der Waals surface area contributed by atoms with Crippen LogP contribution in [0.25, 0.3) is 0 Å². The number of carbonyl (C=O) groups is 1. The maximum atomic E-state index is 13.5. The molecule has 0 aromatic heterocycles. The van der Waals surface area contributed by atoms with E-state index in [4.69, 9.17) is 0 Å². The van der Waals surface area contributed by atoms with Gasteiger partial charge in [0.1, 0.15) is 11.6 Å². The van der Waals surface area contributed by atoms with Crippen LogP contribution in [0.1, 0.15) is 23.2 Å². The lowest BCUT2D eigenvalue weighted by molar-refractivity contribution is 0.0743. The van der Waals surface area contributed by atoms with Gasteiger partial charge >= 0.3 is 0 Å². The first kappa shape index (κ1) is 13.5.